The van der Waals surface area contributed by atoms with E-state index in [4.69, 9.17) is 9.02 Å². The molecule has 20 heavy (non-hydrogen) atoms. The number of hydrogen-bond acceptors (Lipinski definition) is 5. The first kappa shape index (κ1) is 17.2. The maximum Gasteiger partial charge on any atom is 0.264 e. The zero-order valence-electron chi connectivity index (χ0n) is 12.4. The van der Waals surface area contributed by atoms with E-state index in [9.17, 15) is 8.42 Å². The average Bonchev–Trinajstić information content (AvgIpc) is 2.79. The fourth-order valence-corrected chi connectivity index (χ4v) is 2.70. The SMILES string of the molecule is CO/N=C1/CCC=C1CCCCCCCOS(C)(=O)=O. The number of rotatable bonds is 10. The zero-order valence-corrected chi connectivity index (χ0v) is 13.2. The van der Waals surface area contributed by atoms with Gasteiger partial charge in [0.25, 0.3) is 10.1 Å². The number of hydrogen-bond donors (Lipinski definition) is 0. The molecule has 0 N–H and O–H groups in total. The molecule has 0 amide bonds. The highest BCUT2D eigenvalue weighted by atomic mass is 32.2. The van der Waals surface area contributed by atoms with Crippen LogP contribution >= 0.6 is 0 Å². The van der Waals surface area contributed by atoms with Crippen molar-refractivity contribution in [2.75, 3.05) is 20.0 Å². The molecular formula is C14H25NO4S. The largest absolute Gasteiger partial charge is 0.399 e. The summed E-state index contributed by atoms with van der Waals surface area (Å²) in [5.41, 5.74) is 2.42. The molecule has 0 aromatic carbocycles. The Kier molecular flexibility index (Phi) is 7.84. The van der Waals surface area contributed by atoms with Gasteiger partial charge in [0.05, 0.1) is 18.6 Å². The predicted molar refractivity (Wildman–Crippen MR) is 80.3 cm³/mol. The van der Waals surface area contributed by atoms with Crippen molar-refractivity contribution in [3.8, 4) is 0 Å². The maximum absolute atomic E-state index is 10.7. The lowest BCUT2D eigenvalue weighted by Gasteiger charge is -2.05. The van der Waals surface area contributed by atoms with Gasteiger partial charge < -0.3 is 4.84 Å². The van der Waals surface area contributed by atoms with Gasteiger partial charge in [-0.1, -0.05) is 30.5 Å². The molecule has 1 aliphatic rings. The van der Waals surface area contributed by atoms with Crippen LogP contribution in [0.15, 0.2) is 16.8 Å². The minimum Gasteiger partial charge on any atom is -0.399 e. The molecule has 0 bridgehead atoms. The van der Waals surface area contributed by atoms with Gasteiger partial charge in [-0.25, -0.2) is 0 Å². The van der Waals surface area contributed by atoms with Crippen molar-refractivity contribution in [1.82, 2.24) is 0 Å². The fourth-order valence-electron chi connectivity index (χ4n) is 2.28. The molecular weight excluding hydrogens is 278 g/mol. The minimum atomic E-state index is -3.28. The molecule has 1 aliphatic carbocycles. The number of unbranched alkanes of at least 4 members (excludes halogenated alkanes) is 4. The van der Waals surface area contributed by atoms with Gasteiger partial charge in [0, 0.05) is 0 Å². The summed E-state index contributed by atoms with van der Waals surface area (Å²) in [6.07, 6.45) is 11.7. The Hall–Kier alpha value is -0.880. The van der Waals surface area contributed by atoms with Gasteiger partial charge in [-0.2, -0.15) is 8.42 Å². The minimum absolute atomic E-state index is 0.300. The number of allylic oxidation sites excluding steroid dienone is 2. The van der Waals surface area contributed by atoms with Crippen molar-refractivity contribution in [3.63, 3.8) is 0 Å². The van der Waals surface area contributed by atoms with Crippen LogP contribution in [0, 0.1) is 0 Å². The summed E-state index contributed by atoms with van der Waals surface area (Å²) < 4.78 is 26.2. The summed E-state index contributed by atoms with van der Waals surface area (Å²) in [6, 6.07) is 0. The highest BCUT2D eigenvalue weighted by molar-refractivity contribution is 7.85. The lowest BCUT2D eigenvalue weighted by atomic mass is 10.0. The Bertz CT molecular complexity index is 440. The van der Waals surface area contributed by atoms with E-state index >= 15 is 0 Å². The molecule has 116 valence electrons. The van der Waals surface area contributed by atoms with Crippen molar-refractivity contribution in [1.29, 1.82) is 0 Å². The Balaban J connectivity index is 2.01. The molecule has 0 aliphatic heterocycles. The Morgan fingerprint density at radius 3 is 2.60 bits per heavy atom. The van der Waals surface area contributed by atoms with Crippen LogP contribution in [-0.2, 0) is 19.1 Å². The zero-order chi connectivity index (χ0) is 14.8. The maximum atomic E-state index is 10.7. The van der Waals surface area contributed by atoms with Gasteiger partial charge in [0.15, 0.2) is 0 Å². The van der Waals surface area contributed by atoms with Crippen molar-refractivity contribution in [3.05, 3.63) is 11.6 Å². The first-order chi connectivity index (χ1) is 9.53. The normalized spacial score (nSPS) is 17.5. The quantitative estimate of drug-likeness (QED) is 0.353. The van der Waals surface area contributed by atoms with Crippen LogP contribution in [0.1, 0.15) is 51.4 Å². The molecule has 1 rings (SSSR count). The summed E-state index contributed by atoms with van der Waals surface area (Å²) in [7, 11) is -1.69. The Morgan fingerprint density at radius 1 is 1.20 bits per heavy atom. The molecule has 6 heteroatoms. The number of nitrogens with zero attached hydrogens (tertiary/aromatic N) is 1. The highest BCUT2D eigenvalue weighted by Gasteiger charge is 2.13. The second kappa shape index (κ2) is 9.13. The molecule has 5 nitrogen and oxygen atoms in total. The van der Waals surface area contributed by atoms with Crippen LogP contribution in [0.2, 0.25) is 0 Å². The lowest BCUT2D eigenvalue weighted by Crippen LogP contribution is -2.03. The third-order valence-electron chi connectivity index (χ3n) is 3.23. The number of oxime groups is 1. The van der Waals surface area contributed by atoms with Crippen molar-refractivity contribution >= 4 is 15.8 Å². The smallest absolute Gasteiger partial charge is 0.264 e. The van der Waals surface area contributed by atoms with Crippen LogP contribution in [0.25, 0.3) is 0 Å². The summed E-state index contributed by atoms with van der Waals surface area (Å²) in [6.45, 7) is 0.300. The molecule has 0 fully saturated rings. The predicted octanol–water partition coefficient (Wildman–Crippen LogP) is 3.03. The van der Waals surface area contributed by atoms with E-state index in [0.29, 0.717) is 6.61 Å². The summed E-state index contributed by atoms with van der Waals surface area (Å²) in [4.78, 5) is 4.84. The summed E-state index contributed by atoms with van der Waals surface area (Å²) >= 11 is 0. The van der Waals surface area contributed by atoms with Gasteiger partial charge in [-0.3, -0.25) is 4.18 Å². The lowest BCUT2D eigenvalue weighted by molar-refractivity contribution is 0.213. The van der Waals surface area contributed by atoms with Crippen LogP contribution in [0.3, 0.4) is 0 Å². The second-order valence-corrected chi connectivity index (χ2v) is 6.68. The van der Waals surface area contributed by atoms with Gasteiger partial charge in [0.1, 0.15) is 7.11 Å². The van der Waals surface area contributed by atoms with E-state index < -0.39 is 10.1 Å². The summed E-state index contributed by atoms with van der Waals surface area (Å²) in [5.74, 6) is 0. The van der Waals surface area contributed by atoms with Crippen molar-refractivity contribution in [2.45, 2.75) is 51.4 Å². The molecule has 0 aromatic heterocycles. The van der Waals surface area contributed by atoms with Crippen LogP contribution in [0.5, 0.6) is 0 Å². The molecule has 0 unspecified atom stereocenters. The Morgan fingerprint density at radius 2 is 1.90 bits per heavy atom. The van der Waals surface area contributed by atoms with Crippen molar-refractivity contribution < 1.29 is 17.4 Å². The molecule has 0 saturated carbocycles. The molecule has 0 atom stereocenters. The highest BCUT2D eigenvalue weighted by Crippen LogP contribution is 2.21. The Labute approximate surface area is 122 Å². The standard InChI is InChI=1S/C14H25NO4S/c1-18-15-14-11-8-10-13(14)9-6-4-3-5-7-12-19-20(2,16)17/h10H,3-9,11-12H2,1-2H3/b15-14-. The monoisotopic (exact) mass is 303 g/mol. The van der Waals surface area contributed by atoms with E-state index in [1.54, 1.807) is 7.11 Å². The van der Waals surface area contributed by atoms with E-state index in [1.807, 2.05) is 0 Å². The first-order valence-electron chi connectivity index (χ1n) is 7.17. The van der Waals surface area contributed by atoms with E-state index in [1.165, 1.54) is 5.57 Å². The van der Waals surface area contributed by atoms with Gasteiger partial charge in [0.2, 0.25) is 0 Å². The molecule has 0 aromatic rings. The first-order valence-corrected chi connectivity index (χ1v) is 8.98. The van der Waals surface area contributed by atoms with Crippen molar-refractivity contribution in [2.24, 2.45) is 5.16 Å². The molecule has 0 saturated heterocycles. The topological polar surface area (TPSA) is 65.0 Å². The molecule has 0 radical (unpaired) electrons. The second-order valence-electron chi connectivity index (χ2n) is 5.03. The van der Waals surface area contributed by atoms with Crippen LogP contribution in [-0.4, -0.2) is 34.1 Å². The van der Waals surface area contributed by atoms with Gasteiger partial charge >= 0.3 is 0 Å². The third-order valence-corrected chi connectivity index (χ3v) is 3.83. The van der Waals surface area contributed by atoms with E-state index in [2.05, 4.69) is 11.2 Å². The van der Waals surface area contributed by atoms with Gasteiger partial charge in [-0.15, -0.1) is 0 Å². The van der Waals surface area contributed by atoms with E-state index in [0.717, 1.165) is 63.3 Å². The summed E-state index contributed by atoms with van der Waals surface area (Å²) in [5, 5.41) is 4.04. The van der Waals surface area contributed by atoms with Crippen LogP contribution in [0.4, 0.5) is 0 Å². The molecule has 0 heterocycles. The van der Waals surface area contributed by atoms with Gasteiger partial charge in [-0.05, 0) is 37.7 Å². The third kappa shape index (κ3) is 7.65. The molecule has 0 spiro atoms. The van der Waals surface area contributed by atoms with E-state index in [-0.39, 0.29) is 0 Å². The fraction of sp³-hybridized carbons (Fsp3) is 0.786. The average molecular weight is 303 g/mol. The van der Waals surface area contributed by atoms with Crippen LogP contribution < -0.4 is 0 Å².